The molecule has 160 valence electrons. The Morgan fingerprint density at radius 1 is 1.50 bits per heavy atom. The van der Waals surface area contributed by atoms with Gasteiger partial charge in [-0.25, -0.2) is 13.2 Å². The Kier molecular flexibility index (Phi) is 5.05. The fourth-order valence-electron chi connectivity index (χ4n) is 3.32. The first-order chi connectivity index (χ1) is 14.2. The van der Waals surface area contributed by atoms with Gasteiger partial charge in [-0.15, -0.1) is 0 Å². The quantitative estimate of drug-likeness (QED) is 0.255. The molecule has 1 amide bonds. The SMILES string of the molecule is CS(=N)(=O)CC(=O)N1CC(Oc2nonc2/C(=N/O)NC2Cc3ccc(F)cc32)C1. The van der Waals surface area contributed by atoms with E-state index >= 15 is 0 Å². The number of nitrogens with zero attached hydrogens (tertiary/aromatic N) is 4. The molecule has 0 radical (unpaired) electrons. The van der Waals surface area contributed by atoms with Gasteiger partial charge in [-0.3, -0.25) is 9.57 Å². The zero-order valence-electron chi connectivity index (χ0n) is 15.9. The van der Waals surface area contributed by atoms with Gasteiger partial charge in [-0.2, -0.15) is 0 Å². The van der Waals surface area contributed by atoms with E-state index in [1.807, 2.05) is 0 Å². The fourth-order valence-corrected chi connectivity index (χ4v) is 3.97. The highest BCUT2D eigenvalue weighted by Crippen LogP contribution is 2.34. The van der Waals surface area contributed by atoms with Gasteiger partial charge in [0, 0.05) is 6.26 Å². The molecule has 2 unspecified atom stereocenters. The minimum Gasteiger partial charge on any atom is -0.467 e. The van der Waals surface area contributed by atoms with Gasteiger partial charge in [-0.05, 0) is 40.0 Å². The van der Waals surface area contributed by atoms with E-state index in [2.05, 4.69) is 20.8 Å². The number of hydrogen-bond donors (Lipinski definition) is 3. The molecule has 1 aliphatic carbocycles. The van der Waals surface area contributed by atoms with Crippen molar-refractivity contribution in [1.82, 2.24) is 20.5 Å². The molecule has 4 rings (SSSR count). The van der Waals surface area contributed by atoms with E-state index in [0.29, 0.717) is 6.42 Å². The largest absolute Gasteiger partial charge is 0.467 e. The van der Waals surface area contributed by atoms with Gasteiger partial charge in [0.2, 0.25) is 17.4 Å². The first-order valence-corrected chi connectivity index (χ1v) is 11.1. The summed E-state index contributed by atoms with van der Waals surface area (Å²) in [6, 6.07) is 4.23. The van der Waals surface area contributed by atoms with Crippen molar-refractivity contribution in [2.75, 3.05) is 25.1 Å². The Morgan fingerprint density at radius 3 is 2.97 bits per heavy atom. The number of carbonyl (C=O) groups excluding carboxylic acids is 1. The number of amidine groups is 1. The lowest BCUT2D eigenvalue weighted by Crippen LogP contribution is -2.57. The first-order valence-electron chi connectivity index (χ1n) is 8.99. The van der Waals surface area contributed by atoms with E-state index in [1.165, 1.54) is 23.3 Å². The summed E-state index contributed by atoms with van der Waals surface area (Å²) < 4.78 is 42.6. The van der Waals surface area contributed by atoms with Crippen LogP contribution in [0.25, 0.3) is 0 Å². The topological polar surface area (TPSA) is 154 Å². The lowest BCUT2D eigenvalue weighted by atomic mass is 9.83. The molecule has 13 heteroatoms. The standard InChI is InChI=1S/C17H19FN6O5S/c1-30(19,27)8-14(25)24-6-11(7-24)28-17-15(22-29-23-17)16(21-26)20-13-4-9-2-3-10(18)5-12(9)13/h2-3,5,11,13,19,26H,4,6-8H2,1H3,(H,20,21). The van der Waals surface area contributed by atoms with Gasteiger partial charge in [0.05, 0.1) is 28.9 Å². The molecule has 11 nitrogen and oxygen atoms in total. The Labute approximate surface area is 170 Å². The Balaban J connectivity index is 1.37. The minimum absolute atomic E-state index is 0.0223. The van der Waals surface area contributed by atoms with Crippen molar-refractivity contribution in [3.05, 3.63) is 40.8 Å². The number of amides is 1. The molecule has 1 saturated heterocycles. The molecule has 2 heterocycles. The Morgan fingerprint density at radius 2 is 2.27 bits per heavy atom. The third kappa shape index (κ3) is 4.06. The smallest absolute Gasteiger partial charge is 0.287 e. The molecule has 2 atom stereocenters. The van der Waals surface area contributed by atoms with Crippen molar-refractivity contribution >= 4 is 21.5 Å². The van der Waals surface area contributed by atoms with Crippen molar-refractivity contribution in [3.8, 4) is 5.88 Å². The highest BCUT2D eigenvalue weighted by atomic mass is 32.2. The van der Waals surface area contributed by atoms with Crippen molar-refractivity contribution in [3.63, 3.8) is 0 Å². The number of carbonyl (C=O) groups is 1. The second-order valence-electron chi connectivity index (χ2n) is 7.30. The van der Waals surface area contributed by atoms with Crippen LogP contribution < -0.4 is 10.1 Å². The highest BCUT2D eigenvalue weighted by Gasteiger charge is 2.36. The van der Waals surface area contributed by atoms with Gasteiger partial charge >= 0.3 is 0 Å². The molecule has 1 aromatic heterocycles. The summed E-state index contributed by atoms with van der Waals surface area (Å²) in [5.41, 5.74) is 1.78. The predicted molar refractivity (Wildman–Crippen MR) is 101 cm³/mol. The normalized spacial score (nSPS) is 20.5. The third-order valence-corrected chi connectivity index (χ3v) is 5.68. The molecule has 0 saturated carbocycles. The predicted octanol–water partition coefficient (Wildman–Crippen LogP) is 0.498. The first kappa shape index (κ1) is 20.1. The number of aromatic nitrogens is 2. The lowest BCUT2D eigenvalue weighted by Gasteiger charge is -2.38. The second kappa shape index (κ2) is 7.55. The van der Waals surface area contributed by atoms with Gasteiger partial charge in [-0.1, -0.05) is 11.2 Å². The van der Waals surface area contributed by atoms with E-state index in [9.17, 15) is 18.6 Å². The Bertz CT molecular complexity index is 1110. The van der Waals surface area contributed by atoms with E-state index in [0.717, 1.165) is 11.1 Å². The minimum atomic E-state index is -2.91. The summed E-state index contributed by atoms with van der Waals surface area (Å²) in [6.45, 7) is 0.462. The van der Waals surface area contributed by atoms with Gasteiger partial charge in [0.1, 0.15) is 17.7 Å². The molecule has 1 aromatic carbocycles. The number of oxime groups is 1. The monoisotopic (exact) mass is 438 g/mol. The van der Waals surface area contributed by atoms with Crippen LogP contribution >= 0.6 is 0 Å². The van der Waals surface area contributed by atoms with Gasteiger partial charge < -0.3 is 20.2 Å². The van der Waals surface area contributed by atoms with Crippen molar-refractivity contribution in [1.29, 1.82) is 4.78 Å². The van der Waals surface area contributed by atoms with E-state index in [1.54, 1.807) is 6.07 Å². The summed E-state index contributed by atoms with van der Waals surface area (Å²) in [7, 11) is -2.91. The van der Waals surface area contributed by atoms with Crippen molar-refractivity contribution < 1.29 is 28.0 Å². The van der Waals surface area contributed by atoms with Gasteiger partial charge in [0.15, 0.2) is 0 Å². The molecular formula is C17H19FN6O5S. The van der Waals surface area contributed by atoms with Crippen LogP contribution in [0.3, 0.4) is 0 Å². The lowest BCUT2D eigenvalue weighted by molar-refractivity contribution is -0.137. The number of hydrogen-bond acceptors (Lipinski definition) is 9. The number of rotatable bonds is 6. The summed E-state index contributed by atoms with van der Waals surface area (Å²) >= 11 is 0. The summed E-state index contributed by atoms with van der Waals surface area (Å²) in [6.07, 6.45) is 1.42. The molecule has 30 heavy (non-hydrogen) atoms. The Hall–Kier alpha value is -3.22. The molecule has 0 spiro atoms. The molecular weight excluding hydrogens is 419 g/mol. The summed E-state index contributed by atoms with van der Waals surface area (Å²) in [4.78, 5) is 13.4. The number of ether oxygens (including phenoxy) is 1. The second-order valence-corrected chi connectivity index (χ2v) is 9.60. The summed E-state index contributed by atoms with van der Waals surface area (Å²) in [5, 5.41) is 22.9. The zero-order chi connectivity index (χ0) is 21.5. The zero-order valence-corrected chi connectivity index (χ0v) is 16.7. The van der Waals surface area contributed by atoms with Crippen LogP contribution in [0.2, 0.25) is 0 Å². The van der Waals surface area contributed by atoms with Crippen LogP contribution in [0, 0.1) is 10.6 Å². The number of fused-ring (bicyclic) bond motifs is 1. The number of benzene rings is 1. The van der Waals surface area contributed by atoms with Crippen LogP contribution in [-0.4, -0.2) is 67.6 Å². The van der Waals surface area contributed by atoms with Gasteiger partial charge in [0.25, 0.3) is 5.88 Å². The summed E-state index contributed by atoms with van der Waals surface area (Å²) in [5.74, 6) is -1.15. The third-order valence-electron chi connectivity index (χ3n) is 4.88. The van der Waals surface area contributed by atoms with Crippen LogP contribution in [-0.2, 0) is 20.9 Å². The molecule has 2 aromatic rings. The number of nitrogens with one attached hydrogen (secondary N) is 2. The van der Waals surface area contributed by atoms with E-state index < -0.39 is 15.8 Å². The number of likely N-dealkylation sites (tertiary alicyclic amines) is 1. The van der Waals surface area contributed by atoms with Crippen LogP contribution in [0.4, 0.5) is 4.39 Å². The average molecular weight is 438 g/mol. The number of halogens is 1. The van der Waals surface area contributed by atoms with Crippen LogP contribution in [0.15, 0.2) is 28.0 Å². The highest BCUT2D eigenvalue weighted by molar-refractivity contribution is 7.92. The van der Waals surface area contributed by atoms with Crippen LogP contribution in [0.1, 0.15) is 22.9 Å². The van der Waals surface area contributed by atoms with Crippen molar-refractivity contribution in [2.24, 2.45) is 5.16 Å². The molecule has 0 bridgehead atoms. The molecule has 1 fully saturated rings. The maximum Gasteiger partial charge on any atom is 0.287 e. The maximum absolute atomic E-state index is 13.5. The van der Waals surface area contributed by atoms with E-state index in [4.69, 9.17) is 14.1 Å². The van der Waals surface area contributed by atoms with Crippen molar-refractivity contribution in [2.45, 2.75) is 18.6 Å². The van der Waals surface area contributed by atoms with Crippen LogP contribution in [0.5, 0.6) is 5.88 Å². The van der Waals surface area contributed by atoms with E-state index in [-0.39, 0.29) is 54.0 Å². The molecule has 1 aliphatic heterocycles. The molecule has 3 N–H and O–H groups in total. The molecule has 2 aliphatic rings. The fraction of sp³-hybridized carbons (Fsp3) is 0.412. The average Bonchev–Trinajstić information content (AvgIpc) is 3.07. The maximum atomic E-state index is 13.5.